The molecule has 0 unspecified atom stereocenters. The molecule has 2 aromatic carbocycles. The fourth-order valence-electron chi connectivity index (χ4n) is 3.49. The van der Waals surface area contributed by atoms with Gasteiger partial charge in [0.1, 0.15) is 5.03 Å². The average Bonchev–Trinajstić information content (AvgIpc) is 3.35. The number of aromatic nitrogens is 3. The Morgan fingerprint density at radius 3 is 2.69 bits per heavy atom. The second kappa shape index (κ2) is 8.61. The van der Waals surface area contributed by atoms with Crippen molar-refractivity contribution in [3.05, 3.63) is 88.6 Å². The number of benzene rings is 2. The van der Waals surface area contributed by atoms with E-state index < -0.39 is 0 Å². The second-order valence-electron chi connectivity index (χ2n) is 7.32. The highest BCUT2D eigenvalue weighted by Crippen LogP contribution is 2.30. The maximum Gasteiger partial charge on any atom is 0.254 e. The summed E-state index contributed by atoms with van der Waals surface area (Å²) < 4.78 is 1.77. The van der Waals surface area contributed by atoms with Crippen LogP contribution in [0.15, 0.2) is 77.5 Å². The van der Waals surface area contributed by atoms with E-state index in [4.69, 9.17) is 16.6 Å². The molecule has 8 heteroatoms. The van der Waals surface area contributed by atoms with E-state index in [9.17, 15) is 9.59 Å². The van der Waals surface area contributed by atoms with Gasteiger partial charge in [0.15, 0.2) is 5.65 Å². The molecular formula is C24H17ClN4O2S. The van der Waals surface area contributed by atoms with Crippen molar-refractivity contribution in [3.63, 3.8) is 0 Å². The molecule has 0 spiro atoms. The van der Waals surface area contributed by atoms with Gasteiger partial charge in [0.2, 0.25) is 5.91 Å². The number of carbonyl (C=O) groups excluding carboxylic acids is 2. The number of thioether (sulfide) groups is 1. The van der Waals surface area contributed by atoms with Gasteiger partial charge in [-0.2, -0.15) is 5.10 Å². The lowest BCUT2D eigenvalue weighted by molar-refractivity contribution is -0.124. The van der Waals surface area contributed by atoms with Crippen LogP contribution in [0.25, 0.3) is 23.0 Å². The molecule has 1 fully saturated rings. The molecule has 32 heavy (non-hydrogen) atoms. The van der Waals surface area contributed by atoms with Crippen molar-refractivity contribution < 1.29 is 9.59 Å². The lowest BCUT2D eigenvalue weighted by Gasteiger charge is -2.09. The summed E-state index contributed by atoms with van der Waals surface area (Å²) in [5.41, 5.74) is 4.52. The lowest BCUT2D eigenvalue weighted by Crippen LogP contribution is -2.19. The van der Waals surface area contributed by atoms with E-state index in [1.807, 2.05) is 48.5 Å². The Morgan fingerprint density at radius 2 is 1.94 bits per heavy atom. The molecule has 5 rings (SSSR count). The largest absolute Gasteiger partial charge is 0.292 e. The van der Waals surface area contributed by atoms with E-state index >= 15 is 0 Å². The average molecular weight is 461 g/mol. The molecule has 3 heterocycles. The molecule has 2 aromatic heterocycles. The van der Waals surface area contributed by atoms with E-state index in [0.717, 1.165) is 22.0 Å². The third-order valence-corrected chi connectivity index (χ3v) is 6.34. The number of nitrogens with zero attached hydrogens (tertiary/aromatic N) is 3. The van der Waals surface area contributed by atoms with Crippen molar-refractivity contribution in [2.24, 2.45) is 0 Å². The van der Waals surface area contributed by atoms with Gasteiger partial charge in [0, 0.05) is 27.5 Å². The summed E-state index contributed by atoms with van der Waals surface area (Å²) in [5, 5.41) is 8.36. The Hall–Kier alpha value is -3.42. The zero-order chi connectivity index (χ0) is 22.1. The van der Waals surface area contributed by atoms with E-state index in [1.54, 1.807) is 28.6 Å². The highest BCUT2D eigenvalue weighted by atomic mass is 35.5. The van der Waals surface area contributed by atoms with Crippen LogP contribution in [0.5, 0.6) is 0 Å². The molecule has 0 radical (unpaired) electrons. The molecule has 1 saturated heterocycles. The highest BCUT2D eigenvalue weighted by molar-refractivity contribution is 7.98. The molecule has 2 amide bonds. The highest BCUT2D eigenvalue weighted by Gasteiger charge is 2.24. The number of fused-ring (bicyclic) bond motifs is 1. The minimum absolute atomic E-state index is 0.0553. The number of carbonyl (C=O) groups is 2. The van der Waals surface area contributed by atoms with E-state index in [1.165, 1.54) is 5.56 Å². The van der Waals surface area contributed by atoms with Gasteiger partial charge in [-0.1, -0.05) is 54.1 Å². The molecule has 1 aliphatic heterocycles. The first-order valence-corrected chi connectivity index (χ1v) is 11.3. The summed E-state index contributed by atoms with van der Waals surface area (Å²) in [6.07, 6.45) is 3.41. The lowest BCUT2D eigenvalue weighted by atomic mass is 10.1. The minimum atomic E-state index is -0.376. The fourth-order valence-corrected chi connectivity index (χ4v) is 4.64. The monoisotopic (exact) mass is 460 g/mol. The van der Waals surface area contributed by atoms with Gasteiger partial charge in [0.05, 0.1) is 18.3 Å². The van der Waals surface area contributed by atoms with Gasteiger partial charge in [-0.3, -0.25) is 14.9 Å². The summed E-state index contributed by atoms with van der Waals surface area (Å²) in [4.78, 5) is 28.4. The number of amides is 2. The molecule has 1 aliphatic rings. The molecule has 0 bridgehead atoms. The first-order chi connectivity index (χ1) is 15.6. The third kappa shape index (κ3) is 4.17. The number of hydrogen-bond donors (Lipinski definition) is 1. The molecule has 4 aromatic rings. The van der Waals surface area contributed by atoms with Gasteiger partial charge < -0.3 is 0 Å². The van der Waals surface area contributed by atoms with Crippen molar-refractivity contribution >= 4 is 46.9 Å². The molecule has 6 nitrogen and oxygen atoms in total. The van der Waals surface area contributed by atoms with Crippen molar-refractivity contribution in [2.45, 2.75) is 17.2 Å². The van der Waals surface area contributed by atoms with Crippen LogP contribution in [-0.2, 0) is 15.3 Å². The molecule has 0 aliphatic carbocycles. The summed E-state index contributed by atoms with van der Waals surface area (Å²) in [6, 6.07) is 19.7. The molecule has 0 saturated carbocycles. The molecule has 158 valence electrons. The maximum atomic E-state index is 12.0. The zero-order valence-corrected chi connectivity index (χ0v) is 18.4. The summed E-state index contributed by atoms with van der Waals surface area (Å²) >= 11 is 7.86. The van der Waals surface area contributed by atoms with E-state index in [2.05, 4.69) is 22.5 Å². The SMILES string of the molecule is O=C1C/C(=C\c2cnn3c(SCc4ccccc4)cc(-c4cccc(Cl)c4)nc23)C(=O)N1. The van der Waals surface area contributed by atoms with E-state index in [0.29, 0.717) is 21.8 Å². The smallest absolute Gasteiger partial charge is 0.254 e. The van der Waals surface area contributed by atoms with Crippen LogP contribution in [-0.4, -0.2) is 26.4 Å². The molecular weight excluding hydrogens is 444 g/mol. The van der Waals surface area contributed by atoms with Crippen LogP contribution in [0.3, 0.4) is 0 Å². The van der Waals surface area contributed by atoms with Crippen LogP contribution >= 0.6 is 23.4 Å². The second-order valence-corrected chi connectivity index (χ2v) is 8.76. The Labute approximate surface area is 193 Å². The van der Waals surface area contributed by atoms with Crippen LogP contribution in [0.1, 0.15) is 17.5 Å². The predicted octanol–water partition coefficient (Wildman–Crippen LogP) is 4.77. The topological polar surface area (TPSA) is 76.4 Å². The van der Waals surface area contributed by atoms with Crippen LogP contribution in [0.2, 0.25) is 5.02 Å². The van der Waals surface area contributed by atoms with Gasteiger partial charge >= 0.3 is 0 Å². The standard InChI is InChI=1S/C24H17ClN4O2S/c25-19-8-4-7-16(10-19)20-12-22(32-14-15-5-2-1-3-6-15)29-23(27-20)18(13-26-29)9-17-11-21(30)28-24(17)31/h1-10,12-13H,11,14H2,(H,28,30,31)/b17-9+. The summed E-state index contributed by atoms with van der Waals surface area (Å²) in [7, 11) is 0. The fraction of sp³-hybridized carbons (Fsp3) is 0.0833. The number of imide groups is 1. The minimum Gasteiger partial charge on any atom is -0.292 e. The van der Waals surface area contributed by atoms with Crippen molar-refractivity contribution in [1.82, 2.24) is 19.9 Å². The Kier molecular flexibility index (Phi) is 5.51. The first kappa shape index (κ1) is 20.5. The Morgan fingerprint density at radius 1 is 1.09 bits per heavy atom. The van der Waals surface area contributed by atoms with Gasteiger partial charge in [-0.25, -0.2) is 9.50 Å². The molecule has 1 N–H and O–H groups in total. The Bertz CT molecular complexity index is 1380. The summed E-state index contributed by atoms with van der Waals surface area (Å²) in [5.74, 6) is 0.0886. The number of hydrogen-bond acceptors (Lipinski definition) is 5. The van der Waals surface area contributed by atoms with Gasteiger partial charge in [-0.05, 0) is 29.8 Å². The van der Waals surface area contributed by atoms with Crippen LogP contribution in [0, 0.1) is 0 Å². The molecule has 0 atom stereocenters. The normalized spacial score (nSPS) is 15.0. The third-order valence-electron chi connectivity index (χ3n) is 5.04. The van der Waals surface area contributed by atoms with Crippen molar-refractivity contribution in [2.75, 3.05) is 0 Å². The van der Waals surface area contributed by atoms with Gasteiger partial charge in [-0.15, -0.1) is 11.8 Å². The quantitative estimate of drug-likeness (QED) is 0.201. The summed E-state index contributed by atoms with van der Waals surface area (Å²) in [6.45, 7) is 0. The number of rotatable bonds is 5. The van der Waals surface area contributed by atoms with Crippen molar-refractivity contribution in [1.29, 1.82) is 0 Å². The number of nitrogens with one attached hydrogen (secondary N) is 1. The van der Waals surface area contributed by atoms with Crippen LogP contribution in [0.4, 0.5) is 0 Å². The van der Waals surface area contributed by atoms with Gasteiger partial charge in [0.25, 0.3) is 5.91 Å². The Balaban J connectivity index is 1.61. The van der Waals surface area contributed by atoms with E-state index in [-0.39, 0.29) is 18.2 Å². The zero-order valence-electron chi connectivity index (χ0n) is 16.8. The maximum absolute atomic E-state index is 12.0. The first-order valence-electron chi connectivity index (χ1n) is 9.93. The van der Waals surface area contributed by atoms with Crippen molar-refractivity contribution in [3.8, 4) is 11.3 Å². The predicted molar refractivity (Wildman–Crippen MR) is 125 cm³/mol. The number of halogens is 1. The van der Waals surface area contributed by atoms with Crippen LogP contribution < -0.4 is 5.32 Å².